The molecule has 0 saturated carbocycles. The molecule has 0 saturated heterocycles. The molecule has 1 amide bonds. The van der Waals surface area contributed by atoms with E-state index in [-0.39, 0.29) is 11.9 Å². The minimum absolute atomic E-state index is 0.0617. The summed E-state index contributed by atoms with van der Waals surface area (Å²) < 4.78 is 0. The largest absolute Gasteiger partial charge is 0.330 e. The molecule has 2 aromatic rings. The molecule has 0 aliphatic carbocycles. The van der Waals surface area contributed by atoms with Crippen LogP contribution in [-0.2, 0) is 11.2 Å². The van der Waals surface area contributed by atoms with E-state index in [0.29, 0.717) is 6.54 Å². The van der Waals surface area contributed by atoms with Gasteiger partial charge in [-0.15, -0.1) is 11.3 Å². The first kappa shape index (κ1) is 16.2. The van der Waals surface area contributed by atoms with E-state index in [9.17, 15) is 4.79 Å². The van der Waals surface area contributed by atoms with Crippen molar-refractivity contribution in [2.24, 2.45) is 0 Å². The van der Waals surface area contributed by atoms with Crippen molar-refractivity contribution in [3.63, 3.8) is 0 Å². The number of hydrogen-bond donors (Lipinski definition) is 1. The second-order valence-electron chi connectivity index (χ2n) is 5.98. The summed E-state index contributed by atoms with van der Waals surface area (Å²) in [5, 5.41) is 5.43. The first-order valence-corrected chi connectivity index (χ1v) is 9.30. The van der Waals surface area contributed by atoms with Crippen molar-refractivity contribution in [1.29, 1.82) is 0 Å². The van der Waals surface area contributed by atoms with Crippen LogP contribution in [0.2, 0.25) is 0 Å². The summed E-state index contributed by atoms with van der Waals surface area (Å²) in [5.41, 5.74) is 2.50. The SMILES string of the molecule is CCCCNCC(=O)N1CCc2sccc2[C@@H]1c1ccccc1. The molecule has 1 aromatic carbocycles. The first-order valence-electron chi connectivity index (χ1n) is 8.42. The Morgan fingerprint density at radius 2 is 2.13 bits per heavy atom. The van der Waals surface area contributed by atoms with E-state index in [1.807, 2.05) is 22.3 Å². The van der Waals surface area contributed by atoms with Gasteiger partial charge in [0, 0.05) is 11.4 Å². The van der Waals surface area contributed by atoms with Crippen molar-refractivity contribution in [2.45, 2.75) is 32.2 Å². The number of amides is 1. The van der Waals surface area contributed by atoms with Crippen molar-refractivity contribution in [2.75, 3.05) is 19.6 Å². The van der Waals surface area contributed by atoms with Gasteiger partial charge in [0.25, 0.3) is 0 Å². The Labute approximate surface area is 142 Å². The van der Waals surface area contributed by atoms with Gasteiger partial charge in [0.2, 0.25) is 5.91 Å². The van der Waals surface area contributed by atoms with Crippen molar-refractivity contribution in [3.05, 3.63) is 57.8 Å². The predicted molar refractivity (Wildman–Crippen MR) is 95.8 cm³/mol. The lowest BCUT2D eigenvalue weighted by molar-refractivity contribution is -0.132. The van der Waals surface area contributed by atoms with Gasteiger partial charge in [0.15, 0.2) is 0 Å². The molecular formula is C19H24N2OS. The van der Waals surface area contributed by atoms with E-state index in [1.165, 1.54) is 16.0 Å². The van der Waals surface area contributed by atoms with Crippen LogP contribution in [0.3, 0.4) is 0 Å². The van der Waals surface area contributed by atoms with Crippen LogP contribution < -0.4 is 5.32 Å². The third kappa shape index (κ3) is 3.65. The fourth-order valence-corrected chi connectivity index (χ4v) is 4.08. The summed E-state index contributed by atoms with van der Waals surface area (Å²) in [6.45, 7) is 4.32. The zero-order valence-corrected chi connectivity index (χ0v) is 14.4. The second kappa shape index (κ2) is 7.75. The highest BCUT2D eigenvalue weighted by molar-refractivity contribution is 7.10. The maximum atomic E-state index is 12.7. The summed E-state index contributed by atoms with van der Waals surface area (Å²) >= 11 is 1.81. The van der Waals surface area contributed by atoms with Gasteiger partial charge in [-0.2, -0.15) is 0 Å². The minimum atomic E-state index is 0.0617. The quantitative estimate of drug-likeness (QED) is 0.822. The van der Waals surface area contributed by atoms with Crippen LogP contribution >= 0.6 is 11.3 Å². The molecule has 0 spiro atoms. The minimum Gasteiger partial charge on any atom is -0.330 e. The number of nitrogens with zero attached hydrogens (tertiary/aromatic N) is 1. The molecule has 0 fully saturated rings. The number of nitrogens with one attached hydrogen (secondary N) is 1. The number of hydrogen-bond acceptors (Lipinski definition) is 3. The lowest BCUT2D eigenvalue weighted by Gasteiger charge is -2.36. The van der Waals surface area contributed by atoms with Crippen LogP contribution in [-0.4, -0.2) is 30.4 Å². The van der Waals surface area contributed by atoms with Gasteiger partial charge in [-0.3, -0.25) is 4.79 Å². The molecule has 1 aliphatic heterocycles. The number of benzene rings is 1. The van der Waals surface area contributed by atoms with Gasteiger partial charge in [-0.25, -0.2) is 0 Å². The molecule has 1 N–H and O–H groups in total. The Kier molecular flexibility index (Phi) is 5.47. The van der Waals surface area contributed by atoms with Gasteiger partial charge >= 0.3 is 0 Å². The third-order valence-corrected chi connectivity index (χ3v) is 5.38. The van der Waals surface area contributed by atoms with Gasteiger partial charge in [0.05, 0.1) is 12.6 Å². The average molecular weight is 328 g/mol. The van der Waals surface area contributed by atoms with Crippen molar-refractivity contribution < 1.29 is 4.79 Å². The summed E-state index contributed by atoms with van der Waals surface area (Å²) in [7, 11) is 0. The van der Waals surface area contributed by atoms with Crippen LogP contribution in [0.15, 0.2) is 41.8 Å². The van der Waals surface area contributed by atoms with Gasteiger partial charge in [0.1, 0.15) is 0 Å². The monoisotopic (exact) mass is 328 g/mol. The number of rotatable bonds is 6. The summed E-state index contributed by atoms with van der Waals surface area (Å²) in [6, 6.07) is 12.6. The molecule has 4 heteroatoms. The molecule has 23 heavy (non-hydrogen) atoms. The maximum absolute atomic E-state index is 12.7. The van der Waals surface area contributed by atoms with E-state index >= 15 is 0 Å². The second-order valence-corrected chi connectivity index (χ2v) is 6.98. The molecule has 0 radical (unpaired) electrons. The topological polar surface area (TPSA) is 32.3 Å². The van der Waals surface area contributed by atoms with Crippen molar-refractivity contribution in [1.82, 2.24) is 10.2 Å². The highest BCUT2D eigenvalue weighted by Crippen LogP contribution is 2.37. The molecule has 2 heterocycles. The molecule has 122 valence electrons. The van der Waals surface area contributed by atoms with Gasteiger partial charge in [-0.05, 0) is 42.0 Å². The number of carbonyl (C=O) groups is 1. The van der Waals surface area contributed by atoms with E-state index in [1.54, 1.807) is 0 Å². The molecule has 0 unspecified atom stereocenters. The number of fused-ring (bicyclic) bond motifs is 1. The molecule has 0 bridgehead atoms. The third-order valence-electron chi connectivity index (χ3n) is 4.38. The van der Waals surface area contributed by atoms with Crippen LogP contribution in [0.1, 0.15) is 41.8 Å². The zero-order chi connectivity index (χ0) is 16.1. The maximum Gasteiger partial charge on any atom is 0.237 e. The fraction of sp³-hybridized carbons (Fsp3) is 0.421. The van der Waals surface area contributed by atoms with E-state index < -0.39 is 0 Å². The normalized spacial score (nSPS) is 17.1. The average Bonchev–Trinajstić information content (AvgIpc) is 3.07. The van der Waals surface area contributed by atoms with Crippen LogP contribution in [0.25, 0.3) is 0 Å². The molecule has 1 atom stereocenters. The van der Waals surface area contributed by atoms with Crippen molar-refractivity contribution in [3.8, 4) is 0 Å². The molecule has 3 rings (SSSR count). The van der Waals surface area contributed by atoms with E-state index in [4.69, 9.17) is 0 Å². The highest BCUT2D eigenvalue weighted by atomic mass is 32.1. The van der Waals surface area contributed by atoms with Gasteiger partial charge in [-0.1, -0.05) is 43.7 Å². The van der Waals surface area contributed by atoms with Crippen molar-refractivity contribution >= 4 is 17.2 Å². The number of carbonyl (C=O) groups excluding carboxylic acids is 1. The Balaban J connectivity index is 1.80. The number of thiophene rings is 1. The van der Waals surface area contributed by atoms with Crippen LogP contribution in [0.5, 0.6) is 0 Å². The number of unbranched alkanes of at least 4 members (excludes halogenated alkanes) is 1. The molecule has 1 aliphatic rings. The first-order chi connectivity index (χ1) is 11.3. The van der Waals surface area contributed by atoms with Crippen LogP contribution in [0, 0.1) is 0 Å². The summed E-state index contributed by atoms with van der Waals surface area (Å²) in [5.74, 6) is 0.201. The standard InChI is InChI=1S/C19H24N2OS/c1-2-3-11-20-14-18(22)21-12-9-17-16(10-13-23-17)19(21)15-7-5-4-6-8-15/h4-8,10,13,19-20H,2-3,9,11-12,14H2,1H3/t19-/m0/s1. The van der Waals surface area contributed by atoms with Gasteiger partial charge < -0.3 is 10.2 Å². The summed E-state index contributed by atoms with van der Waals surface area (Å²) in [6.07, 6.45) is 3.23. The van der Waals surface area contributed by atoms with E-state index in [0.717, 1.165) is 32.4 Å². The fourth-order valence-electron chi connectivity index (χ4n) is 3.18. The summed E-state index contributed by atoms with van der Waals surface area (Å²) in [4.78, 5) is 16.2. The Morgan fingerprint density at radius 1 is 1.30 bits per heavy atom. The molecular weight excluding hydrogens is 304 g/mol. The Hall–Kier alpha value is -1.65. The molecule has 1 aromatic heterocycles. The zero-order valence-electron chi connectivity index (χ0n) is 13.6. The lowest BCUT2D eigenvalue weighted by atomic mass is 9.93. The van der Waals surface area contributed by atoms with E-state index in [2.05, 4.69) is 48.0 Å². The highest BCUT2D eigenvalue weighted by Gasteiger charge is 2.32. The predicted octanol–water partition coefficient (Wildman–Crippen LogP) is 3.61. The lowest BCUT2D eigenvalue weighted by Crippen LogP contribution is -2.44. The Morgan fingerprint density at radius 3 is 2.91 bits per heavy atom. The molecule has 3 nitrogen and oxygen atoms in total. The van der Waals surface area contributed by atoms with Crippen LogP contribution in [0.4, 0.5) is 0 Å². The smallest absolute Gasteiger partial charge is 0.237 e. The Bertz CT molecular complexity index is 638.